The second-order valence-corrected chi connectivity index (χ2v) is 3.12. The second kappa shape index (κ2) is 16.4. The van der Waals surface area contributed by atoms with Crippen molar-refractivity contribution < 1.29 is 19.5 Å². The second-order valence-electron chi connectivity index (χ2n) is 3.12. The molecule has 1 aliphatic rings. The molecule has 0 unspecified atom stereocenters. The number of nitroso groups, excluding NO2 is 1. The average molecular weight is 361 g/mol. The van der Waals surface area contributed by atoms with Crippen LogP contribution >= 0.6 is 0 Å². The van der Waals surface area contributed by atoms with Crippen molar-refractivity contribution in [2.45, 2.75) is 34.6 Å². The molecule has 0 spiro atoms. The van der Waals surface area contributed by atoms with Gasteiger partial charge in [-0.3, -0.25) is 0 Å². The van der Waals surface area contributed by atoms with E-state index in [4.69, 9.17) is 10.5 Å². The molecule has 0 aromatic rings. The first-order valence-corrected chi connectivity index (χ1v) is 6.38. The molecule has 1 aliphatic carbocycles. The molecule has 2 radical (unpaired) electrons. The van der Waals surface area contributed by atoms with Gasteiger partial charge in [0.25, 0.3) is 0 Å². The number of hydrogen-bond acceptors (Lipinski definition) is 3. The van der Waals surface area contributed by atoms with E-state index >= 15 is 0 Å². The molecule has 100 valence electrons. The predicted molar refractivity (Wildman–Crippen MR) is 79.0 cm³/mol. The minimum atomic E-state index is 0. The van der Waals surface area contributed by atoms with Gasteiger partial charge in [0.1, 0.15) is 0 Å². The fourth-order valence-electron chi connectivity index (χ4n) is 1.41. The molecule has 0 saturated heterocycles. The number of rotatable bonds is 0. The summed E-state index contributed by atoms with van der Waals surface area (Å²) in [6.07, 6.45) is 3.17. The standard InChI is InChI=1S/C10H15.2CH4S.NO.Ru/c1-6-7(2)9(4)10(5)8(6)3;3*1-2;/h1-5H3;2*2H,1H3;;/q;;;-1;+3/p-2. The van der Waals surface area contributed by atoms with Gasteiger partial charge in [-0.25, -0.2) is 0 Å². The van der Waals surface area contributed by atoms with Gasteiger partial charge < -0.3 is 35.8 Å². The van der Waals surface area contributed by atoms with E-state index < -0.39 is 0 Å². The zero-order chi connectivity index (χ0) is 13.9. The molecule has 0 saturated carbocycles. The van der Waals surface area contributed by atoms with Gasteiger partial charge in [-0.05, 0) is 38.8 Å². The summed E-state index contributed by atoms with van der Waals surface area (Å²) in [5.74, 6) is 1.47. The molecule has 5 heteroatoms. The summed E-state index contributed by atoms with van der Waals surface area (Å²) in [5, 5.41) is 0. The first kappa shape index (κ1) is 26.1. The first-order chi connectivity index (χ1) is 7.55. The van der Waals surface area contributed by atoms with E-state index in [1.807, 2.05) is 0 Å². The van der Waals surface area contributed by atoms with Crippen LogP contribution in [0.5, 0.6) is 0 Å². The van der Waals surface area contributed by atoms with Gasteiger partial charge in [0.2, 0.25) is 0 Å². The summed E-state index contributed by atoms with van der Waals surface area (Å²) in [7, 11) is 0. The molecule has 0 bridgehead atoms. The van der Waals surface area contributed by atoms with Gasteiger partial charge in [-0.15, -0.1) is 0 Å². The van der Waals surface area contributed by atoms with Crippen LogP contribution in [0.4, 0.5) is 0 Å². The van der Waals surface area contributed by atoms with E-state index in [-0.39, 0.29) is 19.5 Å². The smallest absolute Gasteiger partial charge is 0.796 e. The number of nitrogens with zero attached hydrogens (tertiary/aromatic N) is 1. The van der Waals surface area contributed by atoms with Gasteiger partial charge in [0.05, 0.1) is 0 Å². The van der Waals surface area contributed by atoms with Gasteiger partial charge in [0.15, 0.2) is 0 Å². The van der Waals surface area contributed by atoms with Crippen LogP contribution in [0.15, 0.2) is 22.3 Å². The molecule has 1 rings (SSSR count). The third-order valence-electron chi connectivity index (χ3n) is 2.81. The zero-order valence-electron chi connectivity index (χ0n) is 11.5. The molecule has 2 nitrogen and oxygen atoms in total. The first-order valence-electron chi connectivity index (χ1n) is 4.75. The van der Waals surface area contributed by atoms with Gasteiger partial charge in [0, 0.05) is 5.92 Å². The summed E-state index contributed by atoms with van der Waals surface area (Å²) >= 11 is 8.17. The van der Waals surface area contributed by atoms with E-state index in [0.29, 0.717) is 0 Å². The van der Waals surface area contributed by atoms with Crippen LogP contribution in [0.3, 0.4) is 0 Å². The Balaban J connectivity index is -0.000000106. The Morgan fingerprint density at radius 3 is 0.882 bits per heavy atom. The molecule has 0 heterocycles. The van der Waals surface area contributed by atoms with Crippen molar-refractivity contribution in [2.75, 3.05) is 12.5 Å². The Hall–Kier alpha value is 0.403. The molecular weight excluding hydrogens is 339 g/mol. The predicted octanol–water partition coefficient (Wildman–Crippen LogP) is 3.91. The van der Waals surface area contributed by atoms with Crippen LogP contribution in [0.1, 0.15) is 34.6 Å². The Morgan fingerprint density at radius 2 is 0.824 bits per heavy atom. The third kappa shape index (κ3) is 8.17. The summed E-state index contributed by atoms with van der Waals surface area (Å²) in [6, 6.07) is 0. The number of allylic oxidation sites excluding steroid dienone is 4. The largest absolute Gasteiger partial charge is 3.00 e. The van der Waals surface area contributed by atoms with Crippen molar-refractivity contribution in [3.05, 3.63) is 38.7 Å². The van der Waals surface area contributed by atoms with E-state index in [1.165, 1.54) is 28.2 Å². The van der Waals surface area contributed by atoms with Crippen molar-refractivity contribution in [1.29, 1.82) is 0 Å². The Kier molecular flexibility index (Phi) is 25.2. The molecule has 0 aliphatic heterocycles. The molecule has 0 fully saturated rings. The zero-order valence-corrected chi connectivity index (χ0v) is 14.9. The Labute approximate surface area is 130 Å². The monoisotopic (exact) mass is 361 g/mol. The van der Waals surface area contributed by atoms with Crippen LogP contribution in [-0.2, 0) is 44.7 Å². The fourth-order valence-corrected chi connectivity index (χ4v) is 1.41. The van der Waals surface area contributed by atoms with E-state index in [9.17, 15) is 0 Å². The van der Waals surface area contributed by atoms with Crippen LogP contribution in [0.2, 0.25) is 0 Å². The third-order valence-corrected chi connectivity index (χ3v) is 2.81. The van der Waals surface area contributed by atoms with Crippen molar-refractivity contribution in [3.63, 3.8) is 0 Å². The minimum absolute atomic E-state index is 0. The SMILES string of the molecule is C[C]1C(C)=C(C)C(C)=C1C.C[S-].C[S-].[N-]=O.[Ru+3]. The molecular formula is C12H21NORuS2. The van der Waals surface area contributed by atoms with Gasteiger partial charge >= 0.3 is 19.5 Å². The van der Waals surface area contributed by atoms with Crippen molar-refractivity contribution in [2.24, 2.45) is 0 Å². The summed E-state index contributed by atoms with van der Waals surface area (Å²) in [4.78, 5) is 7.25. The van der Waals surface area contributed by atoms with Crippen LogP contribution < -0.4 is 0 Å². The Morgan fingerprint density at radius 1 is 0.647 bits per heavy atom. The molecule has 0 aromatic carbocycles. The maximum absolute atomic E-state index is 7.25. The minimum Gasteiger partial charge on any atom is -0.796 e. The summed E-state index contributed by atoms with van der Waals surface area (Å²) < 4.78 is 0. The molecule has 0 amide bonds. The van der Waals surface area contributed by atoms with Crippen molar-refractivity contribution in [3.8, 4) is 0 Å². The fraction of sp³-hybridized carbons (Fsp3) is 0.583. The van der Waals surface area contributed by atoms with Crippen molar-refractivity contribution in [1.82, 2.24) is 0 Å². The maximum Gasteiger partial charge on any atom is 3.00 e. The molecule has 0 atom stereocenters. The summed E-state index contributed by atoms with van der Waals surface area (Å²) in [5.41, 5.74) is 11.6. The van der Waals surface area contributed by atoms with E-state index in [1.54, 1.807) is 12.5 Å². The molecule has 0 N–H and O–H groups in total. The van der Waals surface area contributed by atoms with Gasteiger partial charge in [-0.1, -0.05) is 18.1 Å². The molecule has 0 aromatic heterocycles. The topological polar surface area (TPSA) is 39.4 Å². The van der Waals surface area contributed by atoms with Crippen molar-refractivity contribution >= 4 is 25.3 Å². The van der Waals surface area contributed by atoms with Gasteiger partial charge in [-0.2, -0.15) is 12.5 Å². The summed E-state index contributed by atoms with van der Waals surface area (Å²) in [6.45, 7) is 11.0. The normalized spacial score (nSPS) is 13.5. The Bertz CT molecular complexity index is 229. The average Bonchev–Trinajstić information content (AvgIpc) is 2.55. The van der Waals surface area contributed by atoms with Crippen LogP contribution in [0.25, 0.3) is 5.59 Å². The van der Waals surface area contributed by atoms with E-state index in [0.717, 1.165) is 0 Å². The quantitative estimate of drug-likeness (QED) is 0.486. The van der Waals surface area contributed by atoms with Crippen LogP contribution in [0, 0.1) is 10.8 Å². The maximum atomic E-state index is 7.25. The van der Waals surface area contributed by atoms with E-state index in [2.05, 4.69) is 59.9 Å². The van der Waals surface area contributed by atoms with Crippen LogP contribution in [-0.4, -0.2) is 12.5 Å². The number of hydrogen-bond donors (Lipinski definition) is 0. The molecule has 17 heavy (non-hydrogen) atoms.